The molecule has 0 atom stereocenters. The smallest absolute Gasteiger partial charge is 0.220 e. The molecule has 0 radical (unpaired) electrons. The van der Waals surface area contributed by atoms with E-state index in [1.807, 2.05) is 6.07 Å². The van der Waals surface area contributed by atoms with Gasteiger partial charge >= 0.3 is 0 Å². The molecular formula is C22H33FN4O2. The van der Waals surface area contributed by atoms with Gasteiger partial charge in [0, 0.05) is 58.8 Å². The Hall–Kier alpha value is -2.15. The van der Waals surface area contributed by atoms with Crippen LogP contribution in [0.4, 0.5) is 4.39 Å². The largest absolute Gasteiger partial charge is 0.381 e. The summed E-state index contributed by atoms with van der Waals surface area (Å²) >= 11 is 0. The Kier molecular flexibility index (Phi) is 7.47. The fourth-order valence-electron chi connectivity index (χ4n) is 4.44. The zero-order chi connectivity index (χ0) is 20.7. The first-order valence-corrected chi connectivity index (χ1v) is 10.6. The summed E-state index contributed by atoms with van der Waals surface area (Å²) in [5.41, 5.74) is 0.862. The number of piperidine rings is 1. The van der Waals surface area contributed by atoms with E-state index in [0.717, 1.165) is 50.3 Å². The Balaban J connectivity index is 1.62. The van der Waals surface area contributed by atoms with E-state index in [4.69, 9.17) is 4.74 Å². The lowest BCUT2D eigenvalue weighted by molar-refractivity contribution is -0.121. The highest BCUT2D eigenvalue weighted by atomic mass is 19.1. The number of ether oxygens (including phenoxy) is 1. The predicted molar refractivity (Wildman–Crippen MR) is 112 cm³/mol. The van der Waals surface area contributed by atoms with Crippen molar-refractivity contribution in [1.82, 2.24) is 15.5 Å². The van der Waals surface area contributed by atoms with Crippen LogP contribution in [0, 0.1) is 11.7 Å². The average molecular weight is 405 g/mol. The first kappa shape index (κ1) is 21.6. The van der Waals surface area contributed by atoms with Gasteiger partial charge in [0.1, 0.15) is 5.82 Å². The Bertz CT molecular complexity index is 711. The lowest BCUT2D eigenvalue weighted by atomic mass is 9.74. The van der Waals surface area contributed by atoms with Crippen molar-refractivity contribution in [2.24, 2.45) is 10.9 Å². The van der Waals surface area contributed by atoms with Crippen molar-refractivity contribution >= 4 is 11.9 Å². The van der Waals surface area contributed by atoms with Crippen molar-refractivity contribution in [2.75, 3.05) is 46.9 Å². The van der Waals surface area contributed by atoms with Crippen LogP contribution in [0.1, 0.15) is 37.7 Å². The summed E-state index contributed by atoms with van der Waals surface area (Å²) in [4.78, 5) is 18.4. The van der Waals surface area contributed by atoms with Gasteiger partial charge in [-0.3, -0.25) is 9.79 Å². The Morgan fingerprint density at radius 2 is 2.03 bits per heavy atom. The Morgan fingerprint density at radius 3 is 2.66 bits per heavy atom. The number of carbonyl (C=O) groups excluding carboxylic acids is 1. The molecule has 1 amide bonds. The number of nitrogens with zero attached hydrogens (tertiary/aromatic N) is 2. The van der Waals surface area contributed by atoms with Gasteiger partial charge in [0.15, 0.2) is 5.96 Å². The van der Waals surface area contributed by atoms with Gasteiger partial charge in [-0.2, -0.15) is 0 Å². The van der Waals surface area contributed by atoms with Crippen molar-refractivity contribution in [2.45, 2.75) is 37.5 Å². The summed E-state index contributed by atoms with van der Waals surface area (Å²) in [7, 11) is 3.49. The monoisotopic (exact) mass is 404 g/mol. The molecule has 0 unspecified atom stereocenters. The van der Waals surface area contributed by atoms with Crippen LogP contribution in [0.3, 0.4) is 0 Å². The van der Waals surface area contributed by atoms with E-state index < -0.39 is 0 Å². The summed E-state index contributed by atoms with van der Waals surface area (Å²) in [5.74, 6) is 1.22. The SMILES string of the molecule is CN=C(NCC1(c2cccc(F)c2)CCOCC1)N1CCC(CC(=O)NC)CC1. The zero-order valence-electron chi connectivity index (χ0n) is 17.5. The first-order valence-electron chi connectivity index (χ1n) is 10.6. The summed E-state index contributed by atoms with van der Waals surface area (Å²) in [6.45, 7) is 3.84. The number of hydrogen-bond acceptors (Lipinski definition) is 3. The number of nitrogens with one attached hydrogen (secondary N) is 2. The Morgan fingerprint density at radius 1 is 1.31 bits per heavy atom. The Labute approximate surface area is 172 Å². The summed E-state index contributed by atoms with van der Waals surface area (Å²) < 4.78 is 19.5. The van der Waals surface area contributed by atoms with E-state index in [1.165, 1.54) is 6.07 Å². The highest BCUT2D eigenvalue weighted by Crippen LogP contribution is 2.34. The molecule has 2 aliphatic rings. The topological polar surface area (TPSA) is 66.0 Å². The second-order valence-corrected chi connectivity index (χ2v) is 8.11. The van der Waals surface area contributed by atoms with Crippen LogP contribution in [-0.4, -0.2) is 63.7 Å². The molecule has 2 N–H and O–H groups in total. The fraction of sp³-hybridized carbons (Fsp3) is 0.636. The van der Waals surface area contributed by atoms with Gasteiger partial charge in [0.25, 0.3) is 0 Å². The third kappa shape index (κ3) is 5.47. The van der Waals surface area contributed by atoms with Gasteiger partial charge in [-0.25, -0.2) is 4.39 Å². The molecule has 0 spiro atoms. The van der Waals surface area contributed by atoms with Gasteiger partial charge < -0.3 is 20.3 Å². The quantitative estimate of drug-likeness (QED) is 0.584. The van der Waals surface area contributed by atoms with Gasteiger partial charge in [-0.05, 0) is 49.3 Å². The molecule has 0 aliphatic carbocycles. The van der Waals surface area contributed by atoms with Crippen LogP contribution in [0.5, 0.6) is 0 Å². The highest BCUT2D eigenvalue weighted by Gasteiger charge is 2.35. The van der Waals surface area contributed by atoms with Crippen molar-refractivity contribution in [1.29, 1.82) is 0 Å². The van der Waals surface area contributed by atoms with Crippen molar-refractivity contribution in [3.05, 3.63) is 35.6 Å². The highest BCUT2D eigenvalue weighted by molar-refractivity contribution is 5.80. The molecule has 0 bridgehead atoms. The van der Waals surface area contributed by atoms with Crippen LogP contribution in [-0.2, 0) is 14.9 Å². The summed E-state index contributed by atoms with van der Waals surface area (Å²) in [6.07, 6.45) is 4.27. The number of rotatable bonds is 5. The second-order valence-electron chi connectivity index (χ2n) is 8.11. The van der Waals surface area contributed by atoms with E-state index in [-0.39, 0.29) is 17.1 Å². The van der Waals surface area contributed by atoms with E-state index in [0.29, 0.717) is 32.1 Å². The van der Waals surface area contributed by atoms with Crippen LogP contribution in [0.2, 0.25) is 0 Å². The summed E-state index contributed by atoms with van der Waals surface area (Å²) in [6, 6.07) is 6.95. The van der Waals surface area contributed by atoms with Crippen molar-refractivity contribution in [3.63, 3.8) is 0 Å². The number of halogens is 1. The maximum atomic E-state index is 13.9. The van der Waals surface area contributed by atoms with Crippen LogP contribution >= 0.6 is 0 Å². The number of aliphatic imine (C=N–C) groups is 1. The first-order chi connectivity index (χ1) is 14.1. The molecule has 2 aliphatic heterocycles. The van der Waals surface area contributed by atoms with Crippen molar-refractivity contribution in [3.8, 4) is 0 Å². The molecular weight excluding hydrogens is 371 g/mol. The second kappa shape index (κ2) is 10.1. The molecule has 0 aromatic heterocycles. The number of benzene rings is 1. The van der Waals surface area contributed by atoms with Crippen LogP contribution < -0.4 is 10.6 Å². The molecule has 0 saturated carbocycles. The average Bonchev–Trinajstić information content (AvgIpc) is 2.76. The van der Waals surface area contributed by atoms with E-state index in [1.54, 1.807) is 26.2 Å². The normalized spacial score (nSPS) is 20.4. The number of carbonyl (C=O) groups is 1. The van der Waals surface area contributed by atoms with E-state index in [9.17, 15) is 9.18 Å². The molecule has 2 saturated heterocycles. The number of amides is 1. The molecule has 6 nitrogen and oxygen atoms in total. The van der Waals surface area contributed by atoms with Crippen LogP contribution in [0.15, 0.2) is 29.3 Å². The third-order valence-electron chi connectivity index (χ3n) is 6.35. The van der Waals surface area contributed by atoms with Gasteiger partial charge in [-0.15, -0.1) is 0 Å². The standard InChI is InChI=1S/C22H33FN4O2/c1-24-20(28)14-17-6-10-27(11-7-17)21(25-2)26-16-22(8-12-29-13-9-22)18-4-3-5-19(23)15-18/h3-5,15,17H,6-14,16H2,1-2H3,(H,24,28)(H,25,26). The van der Waals surface area contributed by atoms with Crippen molar-refractivity contribution < 1.29 is 13.9 Å². The van der Waals surface area contributed by atoms with Crippen LogP contribution in [0.25, 0.3) is 0 Å². The lowest BCUT2D eigenvalue weighted by Gasteiger charge is -2.40. The molecule has 29 heavy (non-hydrogen) atoms. The van der Waals surface area contributed by atoms with Gasteiger partial charge in [-0.1, -0.05) is 12.1 Å². The van der Waals surface area contributed by atoms with Gasteiger partial charge in [0.2, 0.25) is 5.91 Å². The lowest BCUT2D eigenvalue weighted by Crippen LogP contribution is -2.51. The van der Waals surface area contributed by atoms with Gasteiger partial charge in [0.05, 0.1) is 0 Å². The number of hydrogen-bond donors (Lipinski definition) is 2. The number of guanidine groups is 1. The number of likely N-dealkylation sites (tertiary alicyclic amines) is 1. The van der Waals surface area contributed by atoms with E-state index >= 15 is 0 Å². The maximum Gasteiger partial charge on any atom is 0.220 e. The minimum atomic E-state index is -0.198. The zero-order valence-corrected chi connectivity index (χ0v) is 17.5. The molecule has 1 aromatic carbocycles. The molecule has 3 rings (SSSR count). The molecule has 160 valence electrons. The molecule has 2 fully saturated rings. The molecule has 2 heterocycles. The summed E-state index contributed by atoms with van der Waals surface area (Å²) in [5, 5.41) is 6.27. The third-order valence-corrected chi connectivity index (χ3v) is 6.35. The maximum absolute atomic E-state index is 13.9. The predicted octanol–water partition coefficient (Wildman–Crippen LogP) is 2.30. The van der Waals surface area contributed by atoms with E-state index in [2.05, 4.69) is 20.5 Å². The minimum absolute atomic E-state index is 0.113. The molecule has 7 heteroatoms. The molecule has 1 aromatic rings. The minimum Gasteiger partial charge on any atom is -0.381 e. The fourth-order valence-corrected chi connectivity index (χ4v) is 4.44.